The van der Waals surface area contributed by atoms with E-state index in [1.165, 1.54) is 12.1 Å². The van der Waals surface area contributed by atoms with Crippen molar-refractivity contribution in [3.05, 3.63) is 35.6 Å². The molecule has 0 saturated carbocycles. The third-order valence-electron chi connectivity index (χ3n) is 2.15. The van der Waals surface area contributed by atoms with Gasteiger partial charge in [0.2, 0.25) is 0 Å². The molecule has 0 saturated heterocycles. The lowest BCUT2D eigenvalue weighted by molar-refractivity contribution is -0.138. The fraction of sp³-hybridized carbons (Fsp3) is 0.364. The molecular weight excluding hydrogens is 197 g/mol. The minimum atomic E-state index is -0.867. The number of hydrogen-bond donors (Lipinski definition) is 2. The maximum atomic E-state index is 12.5. The number of halogens is 1. The first-order valence-electron chi connectivity index (χ1n) is 4.80. The Kier molecular flexibility index (Phi) is 4.24. The number of aliphatic carboxylic acids is 1. The van der Waals surface area contributed by atoms with Crippen LogP contribution in [0.15, 0.2) is 24.3 Å². The van der Waals surface area contributed by atoms with E-state index in [9.17, 15) is 9.18 Å². The summed E-state index contributed by atoms with van der Waals surface area (Å²) in [6.07, 6.45) is 0.692. The van der Waals surface area contributed by atoms with Gasteiger partial charge in [-0.2, -0.15) is 0 Å². The zero-order chi connectivity index (χ0) is 11.3. The second kappa shape index (κ2) is 5.46. The van der Waals surface area contributed by atoms with Gasteiger partial charge in [-0.05, 0) is 37.6 Å². The van der Waals surface area contributed by atoms with Gasteiger partial charge in [0.15, 0.2) is 0 Å². The van der Waals surface area contributed by atoms with Crippen LogP contribution >= 0.6 is 0 Å². The quantitative estimate of drug-likeness (QED) is 0.774. The van der Waals surface area contributed by atoms with E-state index in [1.54, 1.807) is 19.1 Å². The van der Waals surface area contributed by atoms with Crippen molar-refractivity contribution in [3.63, 3.8) is 0 Å². The van der Waals surface area contributed by atoms with Crippen molar-refractivity contribution >= 4 is 5.97 Å². The topological polar surface area (TPSA) is 49.3 Å². The lowest BCUT2D eigenvalue weighted by Crippen LogP contribution is -2.34. The zero-order valence-electron chi connectivity index (χ0n) is 8.53. The van der Waals surface area contributed by atoms with E-state index < -0.39 is 12.0 Å². The van der Waals surface area contributed by atoms with Crippen LogP contribution < -0.4 is 5.32 Å². The minimum absolute atomic E-state index is 0.259. The monoisotopic (exact) mass is 211 g/mol. The molecule has 0 aromatic heterocycles. The maximum Gasteiger partial charge on any atom is 0.320 e. The summed E-state index contributed by atoms with van der Waals surface area (Å²) in [6.45, 7) is 2.16. The van der Waals surface area contributed by atoms with Gasteiger partial charge in [0.1, 0.15) is 11.9 Å². The van der Waals surface area contributed by atoms with Crippen molar-refractivity contribution < 1.29 is 14.3 Å². The number of hydrogen-bond acceptors (Lipinski definition) is 2. The molecule has 3 nitrogen and oxygen atoms in total. The molecule has 0 aliphatic rings. The summed E-state index contributed by atoms with van der Waals surface area (Å²) in [5, 5.41) is 11.5. The summed E-state index contributed by atoms with van der Waals surface area (Å²) in [5.41, 5.74) is 0.987. The fourth-order valence-electron chi connectivity index (χ4n) is 1.17. The van der Waals surface area contributed by atoms with Gasteiger partial charge >= 0.3 is 5.97 Å². The molecule has 82 valence electrons. The van der Waals surface area contributed by atoms with Gasteiger partial charge in [0, 0.05) is 0 Å². The van der Waals surface area contributed by atoms with E-state index in [1.807, 2.05) is 0 Å². The summed E-state index contributed by atoms with van der Waals surface area (Å²) in [6, 6.07) is 5.64. The molecule has 0 amide bonds. The predicted octanol–water partition coefficient (Wildman–Crippen LogP) is 1.43. The van der Waals surface area contributed by atoms with Crippen LogP contribution in [0.5, 0.6) is 0 Å². The number of carboxylic acids is 1. The Labute approximate surface area is 87.9 Å². The second-order valence-corrected chi connectivity index (χ2v) is 3.39. The van der Waals surface area contributed by atoms with Gasteiger partial charge in [-0.15, -0.1) is 0 Å². The Balaban J connectivity index is 2.32. The average molecular weight is 211 g/mol. The zero-order valence-corrected chi connectivity index (χ0v) is 8.53. The first-order valence-corrected chi connectivity index (χ1v) is 4.80. The van der Waals surface area contributed by atoms with Crippen LogP contribution in [0.3, 0.4) is 0 Å². The molecule has 1 atom stereocenters. The van der Waals surface area contributed by atoms with Gasteiger partial charge < -0.3 is 10.4 Å². The summed E-state index contributed by atoms with van der Waals surface area (Å²) in [7, 11) is 0. The highest BCUT2D eigenvalue weighted by Gasteiger charge is 2.08. The van der Waals surface area contributed by atoms with Crippen molar-refractivity contribution in [2.75, 3.05) is 6.54 Å². The first kappa shape index (κ1) is 11.7. The Morgan fingerprint density at radius 3 is 2.60 bits per heavy atom. The molecule has 1 aromatic carbocycles. The largest absolute Gasteiger partial charge is 0.480 e. The standard InChI is InChI=1S/C11H14FNO2/c1-8(11(14)15)13-7-6-9-2-4-10(12)5-3-9/h2-5,8,13H,6-7H2,1H3,(H,14,15). The molecule has 15 heavy (non-hydrogen) atoms. The van der Waals surface area contributed by atoms with E-state index >= 15 is 0 Å². The van der Waals surface area contributed by atoms with Crippen LogP contribution in [-0.4, -0.2) is 23.7 Å². The van der Waals surface area contributed by atoms with Crippen molar-refractivity contribution in [2.45, 2.75) is 19.4 Å². The SMILES string of the molecule is CC(NCCc1ccc(F)cc1)C(=O)O. The van der Waals surface area contributed by atoms with E-state index in [0.29, 0.717) is 13.0 Å². The molecular formula is C11H14FNO2. The van der Waals surface area contributed by atoms with Crippen LogP contribution in [0, 0.1) is 5.82 Å². The Bertz CT molecular complexity index is 324. The van der Waals surface area contributed by atoms with E-state index in [4.69, 9.17) is 5.11 Å². The molecule has 0 aliphatic heterocycles. The molecule has 4 heteroatoms. The van der Waals surface area contributed by atoms with Gasteiger partial charge in [0.05, 0.1) is 0 Å². The molecule has 0 spiro atoms. The van der Waals surface area contributed by atoms with E-state index in [2.05, 4.69) is 5.32 Å². The van der Waals surface area contributed by atoms with Gasteiger partial charge in [-0.25, -0.2) is 4.39 Å². The van der Waals surface area contributed by atoms with Crippen molar-refractivity contribution in [1.29, 1.82) is 0 Å². The molecule has 1 rings (SSSR count). The van der Waals surface area contributed by atoms with Gasteiger partial charge in [-0.1, -0.05) is 12.1 Å². The second-order valence-electron chi connectivity index (χ2n) is 3.39. The maximum absolute atomic E-state index is 12.5. The van der Waals surface area contributed by atoms with Crippen LogP contribution in [-0.2, 0) is 11.2 Å². The summed E-state index contributed by atoms with van der Waals surface area (Å²) < 4.78 is 12.5. The lowest BCUT2D eigenvalue weighted by atomic mass is 10.1. The fourth-order valence-corrected chi connectivity index (χ4v) is 1.17. The minimum Gasteiger partial charge on any atom is -0.480 e. The molecule has 1 unspecified atom stereocenters. The molecule has 0 aliphatic carbocycles. The third kappa shape index (κ3) is 4.08. The number of carboxylic acid groups (broad SMARTS) is 1. The number of carbonyl (C=O) groups is 1. The number of benzene rings is 1. The molecule has 2 N–H and O–H groups in total. The van der Waals surface area contributed by atoms with Gasteiger partial charge in [-0.3, -0.25) is 4.79 Å². The van der Waals surface area contributed by atoms with E-state index in [-0.39, 0.29) is 5.82 Å². The van der Waals surface area contributed by atoms with Crippen molar-refractivity contribution in [1.82, 2.24) is 5.32 Å². The normalized spacial score (nSPS) is 12.4. The number of nitrogens with one attached hydrogen (secondary N) is 1. The molecule has 0 radical (unpaired) electrons. The van der Waals surface area contributed by atoms with Crippen molar-refractivity contribution in [3.8, 4) is 0 Å². The molecule has 0 heterocycles. The molecule has 1 aromatic rings. The van der Waals surface area contributed by atoms with Crippen LogP contribution in [0.1, 0.15) is 12.5 Å². The Morgan fingerprint density at radius 1 is 1.47 bits per heavy atom. The highest BCUT2D eigenvalue weighted by atomic mass is 19.1. The van der Waals surface area contributed by atoms with Crippen LogP contribution in [0.25, 0.3) is 0 Å². The molecule has 0 bridgehead atoms. The van der Waals surface area contributed by atoms with Crippen molar-refractivity contribution in [2.24, 2.45) is 0 Å². The lowest BCUT2D eigenvalue weighted by Gasteiger charge is -2.08. The van der Waals surface area contributed by atoms with Crippen LogP contribution in [0.4, 0.5) is 4.39 Å². The summed E-state index contributed by atoms with van der Waals surface area (Å²) in [4.78, 5) is 10.5. The summed E-state index contributed by atoms with van der Waals surface area (Å²) in [5.74, 6) is -1.13. The summed E-state index contributed by atoms with van der Waals surface area (Å²) >= 11 is 0. The highest BCUT2D eigenvalue weighted by molar-refractivity contribution is 5.72. The predicted molar refractivity (Wildman–Crippen MR) is 55.2 cm³/mol. The third-order valence-corrected chi connectivity index (χ3v) is 2.15. The van der Waals surface area contributed by atoms with Gasteiger partial charge in [0.25, 0.3) is 0 Å². The average Bonchev–Trinajstić information content (AvgIpc) is 2.20. The number of rotatable bonds is 5. The Hall–Kier alpha value is -1.42. The van der Waals surface area contributed by atoms with E-state index in [0.717, 1.165) is 5.56 Å². The van der Waals surface area contributed by atoms with Crippen LogP contribution in [0.2, 0.25) is 0 Å². The first-order chi connectivity index (χ1) is 7.09. The highest BCUT2D eigenvalue weighted by Crippen LogP contribution is 2.02. The smallest absolute Gasteiger partial charge is 0.320 e. The Morgan fingerprint density at radius 2 is 2.07 bits per heavy atom. The molecule has 0 fully saturated rings.